The second-order valence-corrected chi connectivity index (χ2v) is 5.82. The van der Waals surface area contributed by atoms with Crippen LogP contribution in [-0.4, -0.2) is 61.0 Å². The average molecular weight is 362 g/mol. The van der Waals surface area contributed by atoms with E-state index in [0.717, 1.165) is 0 Å². The number of primary amides is 1. The van der Waals surface area contributed by atoms with Gasteiger partial charge in [0.05, 0.1) is 18.1 Å². The van der Waals surface area contributed by atoms with Gasteiger partial charge in [0.2, 0.25) is 5.91 Å². The van der Waals surface area contributed by atoms with Crippen molar-refractivity contribution in [1.29, 1.82) is 0 Å². The molecule has 140 valence electrons. The predicted molar refractivity (Wildman–Crippen MR) is 96.6 cm³/mol. The van der Waals surface area contributed by atoms with E-state index in [2.05, 4.69) is 0 Å². The van der Waals surface area contributed by atoms with Crippen molar-refractivity contribution in [3.8, 4) is 0 Å². The van der Waals surface area contributed by atoms with Gasteiger partial charge in [-0.3, -0.25) is 19.8 Å². The van der Waals surface area contributed by atoms with Crippen LogP contribution >= 0.6 is 0 Å². The molecule has 26 heavy (non-hydrogen) atoms. The summed E-state index contributed by atoms with van der Waals surface area (Å²) in [4.78, 5) is 37.2. The Balaban J connectivity index is 2.13. The second-order valence-electron chi connectivity index (χ2n) is 5.82. The van der Waals surface area contributed by atoms with E-state index in [-0.39, 0.29) is 24.7 Å². The Morgan fingerprint density at radius 3 is 2.58 bits per heavy atom. The molecule has 9 nitrogen and oxygen atoms in total. The van der Waals surface area contributed by atoms with E-state index in [0.29, 0.717) is 37.4 Å². The molecular formula is C17H22N4O5. The fourth-order valence-electron chi connectivity index (χ4n) is 2.78. The zero-order valence-electron chi connectivity index (χ0n) is 14.6. The number of esters is 1. The van der Waals surface area contributed by atoms with Crippen LogP contribution in [-0.2, 0) is 14.3 Å². The van der Waals surface area contributed by atoms with Crippen molar-refractivity contribution < 1.29 is 19.2 Å². The SMILES string of the molecule is CCOC(=O)/C=C/c1ccc(N2CCN(CC(N)=O)CC2)c([N+](=O)[O-])c1. The molecule has 1 aromatic rings. The summed E-state index contributed by atoms with van der Waals surface area (Å²) in [5.74, 6) is -0.882. The average Bonchev–Trinajstić information content (AvgIpc) is 2.60. The number of nitro groups is 1. The number of nitrogens with zero attached hydrogens (tertiary/aromatic N) is 3. The molecule has 2 rings (SSSR count). The maximum Gasteiger partial charge on any atom is 0.330 e. The Kier molecular flexibility index (Phi) is 6.67. The Hall–Kier alpha value is -2.94. The molecule has 0 spiro atoms. The fraction of sp³-hybridized carbons (Fsp3) is 0.412. The van der Waals surface area contributed by atoms with Gasteiger partial charge in [-0.2, -0.15) is 0 Å². The fourth-order valence-corrected chi connectivity index (χ4v) is 2.78. The van der Waals surface area contributed by atoms with E-state index in [1.807, 2.05) is 9.80 Å². The van der Waals surface area contributed by atoms with E-state index < -0.39 is 10.9 Å². The summed E-state index contributed by atoms with van der Waals surface area (Å²) < 4.78 is 4.79. The number of anilines is 1. The van der Waals surface area contributed by atoms with Crippen molar-refractivity contribution >= 4 is 29.3 Å². The number of carbonyl (C=O) groups excluding carboxylic acids is 2. The lowest BCUT2D eigenvalue weighted by atomic mass is 10.1. The zero-order chi connectivity index (χ0) is 19.1. The molecule has 0 aromatic heterocycles. The molecule has 2 N–H and O–H groups in total. The van der Waals surface area contributed by atoms with Gasteiger partial charge in [0.1, 0.15) is 5.69 Å². The van der Waals surface area contributed by atoms with Crippen LogP contribution in [0.5, 0.6) is 0 Å². The van der Waals surface area contributed by atoms with Gasteiger partial charge in [0.15, 0.2) is 0 Å². The summed E-state index contributed by atoms with van der Waals surface area (Å²) in [5, 5.41) is 11.5. The minimum absolute atomic E-state index is 0.0284. The second kappa shape index (κ2) is 8.95. The molecule has 0 radical (unpaired) electrons. The molecular weight excluding hydrogens is 340 g/mol. The number of ether oxygens (including phenoxy) is 1. The third kappa shape index (κ3) is 5.28. The van der Waals surface area contributed by atoms with E-state index in [1.54, 1.807) is 19.1 Å². The normalized spacial score (nSPS) is 15.2. The predicted octanol–water partition coefficient (Wildman–Crippen LogP) is 0.778. The lowest BCUT2D eigenvalue weighted by Crippen LogP contribution is -2.49. The van der Waals surface area contributed by atoms with Crippen LogP contribution in [0.25, 0.3) is 6.08 Å². The number of rotatable bonds is 7. The highest BCUT2D eigenvalue weighted by atomic mass is 16.6. The first-order chi connectivity index (χ1) is 12.4. The summed E-state index contributed by atoms with van der Waals surface area (Å²) in [6.07, 6.45) is 2.73. The van der Waals surface area contributed by atoms with Gasteiger partial charge >= 0.3 is 5.97 Å². The van der Waals surface area contributed by atoms with Crippen LogP contribution in [0.4, 0.5) is 11.4 Å². The monoisotopic (exact) mass is 362 g/mol. The van der Waals surface area contributed by atoms with Gasteiger partial charge in [0, 0.05) is 38.3 Å². The number of hydrogen-bond acceptors (Lipinski definition) is 7. The van der Waals surface area contributed by atoms with Gasteiger partial charge in [-0.1, -0.05) is 6.07 Å². The minimum Gasteiger partial charge on any atom is -0.463 e. The number of nitrogens with two attached hydrogens (primary N) is 1. The highest BCUT2D eigenvalue weighted by Crippen LogP contribution is 2.30. The molecule has 1 saturated heterocycles. The molecule has 9 heteroatoms. The first-order valence-corrected chi connectivity index (χ1v) is 8.29. The summed E-state index contributed by atoms with van der Waals surface area (Å²) in [6, 6.07) is 4.82. The topological polar surface area (TPSA) is 119 Å². The molecule has 1 aromatic carbocycles. The zero-order valence-corrected chi connectivity index (χ0v) is 14.6. The molecule has 0 saturated carbocycles. The van der Waals surface area contributed by atoms with Crippen molar-refractivity contribution in [1.82, 2.24) is 4.90 Å². The highest BCUT2D eigenvalue weighted by molar-refractivity contribution is 5.87. The lowest BCUT2D eigenvalue weighted by Gasteiger charge is -2.35. The van der Waals surface area contributed by atoms with Gasteiger partial charge in [-0.25, -0.2) is 4.79 Å². The first-order valence-electron chi connectivity index (χ1n) is 8.29. The molecule has 0 atom stereocenters. The van der Waals surface area contributed by atoms with Crippen molar-refractivity contribution in [2.45, 2.75) is 6.92 Å². The summed E-state index contributed by atoms with van der Waals surface area (Å²) in [7, 11) is 0. The van der Waals surface area contributed by atoms with Crippen molar-refractivity contribution in [2.24, 2.45) is 5.73 Å². The molecule has 0 unspecified atom stereocenters. The summed E-state index contributed by atoms with van der Waals surface area (Å²) in [5.41, 5.74) is 6.23. The highest BCUT2D eigenvalue weighted by Gasteiger charge is 2.24. The van der Waals surface area contributed by atoms with Crippen LogP contribution in [0, 0.1) is 10.1 Å². The van der Waals surface area contributed by atoms with Crippen LogP contribution in [0.2, 0.25) is 0 Å². The third-order valence-corrected chi connectivity index (χ3v) is 3.99. The van der Waals surface area contributed by atoms with E-state index >= 15 is 0 Å². The largest absolute Gasteiger partial charge is 0.463 e. The molecule has 0 bridgehead atoms. The van der Waals surface area contributed by atoms with Gasteiger partial charge < -0.3 is 15.4 Å². The molecule has 1 aliphatic rings. The van der Waals surface area contributed by atoms with Gasteiger partial charge in [-0.05, 0) is 24.6 Å². The quantitative estimate of drug-likeness (QED) is 0.329. The number of carbonyl (C=O) groups is 2. The van der Waals surface area contributed by atoms with E-state index in [9.17, 15) is 19.7 Å². The first kappa shape index (κ1) is 19.4. The molecule has 1 fully saturated rings. The van der Waals surface area contributed by atoms with Crippen molar-refractivity contribution in [3.63, 3.8) is 0 Å². The van der Waals surface area contributed by atoms with Gasteiger partial charge in [0.25, 0.3) is 5.69 Å². The smallest absolute Gasteiger partial charge is 0.330 e. The van der Waals surface area contributed by atoms with Crippen molar-refractivity contribution in [2.75, 3.05) is 44.2 Å². The number of amides is 1. The lowest BCUT2D eigenvalue weighted by molar-refractivity contribution is -0.384. The summed E-state index contributed by atoms with van der Waals surface area (Å²) >= 11 is 0. The molecule has 1 amide bonds. The number of benzene rings is 1. The third-order valence-electron chi connectivity index (χ3n) is 3.99. The summed E-state index contributed by atoms with van der Waals surface area (Å²) in [6.45, 7) is 4.49. The maximum atomic E-state index is 11.5. The Morgan fingerprint density at radius 2 is 2.00 bits per heavy atom. The number of hydrogen-bond donors (Lipinski definition) is 1. The van der Waals surface area contributed by atoms with Crippen molar-refractivity contribution in [3.05, 3.63) is 40.0 Å². The number of piperazine rings is 1. The molecule has 0 aliphatic carbocycles. The molecule has 1 heterocycles. The Bertz CT molecular complexity index is 711. The van der Waals surface area contributed by atoms with Crippen LogP contribution in [0.3, 0.4) is 0 Å². The maximum absolute atomic E-state index is 11.5. The van der Waals surface area contributed by atoms with Crippen LogP contribution in [0.15, 0.2) is 24.3 Å². The van der Waals surface area contributed by atoms with Crippen LogP contribution in [0.1, 0.15) is 12.5 Å². The Labute approximate surface area is 151 Å². The Morgan fingerprint density at radius 1 is 1.31 bits per heavy atom. The standard InChI is InChI=1S/C17H22N4O5/c1-2-26-17(23)6-4-13-3-5-14(15(11-13)21(24)25)20-9-7-19(8-10-20)12-16(18)22/h3-6,11H,2,7-10,12H2,1H3,(H2,18,22)/b6-4+. The number of nitro benzene ring substituents is 1. The van der Waals surface area contributed by atoms with E-state index in [1.165, 1.54) is 18.2 Å². The minimum atomic E-state index is -0.496. The van der Waals surface area contributed by atoms with E-state index in [4.69, 9.17) is 10.5 Å². The van der Waals surface area contributed by atoms with Gasteiger partial charge in [-0.15, -0.1) is 0 Å². The van der Waals surface area contributed by atoms with Crippen LogP contribution < -0.4 is 10.6 Å². The molecule has 1 aliphatic heterocycles.